The van der Waals surface area contributed by atoms with Gasteiger partial charge in [-0.3, -0.25) is 4.79 Å². The monoisotopic (exact) mass is 341 g/mol. The number of rotatable bonds is 5. The van der Waals surface area contributed by atoms with Gasteiger partial charge < -0.3 is 5.32 Å². The highest BCUT2D eigenvalue weighted by Gasteiger charge is 2.14. The maximum Gasteiger partial charge on any atom is 0.252 e. The molecule has 0 fully saturated rings. The third kappa shape index (κ3) is 3.65. The maximum absolute atomic E-state index is 13.0. The molecule has 0 radical (unpaired) electrons. The first kappa shape index (κ1) is 17.0. The Morgan fingerprint density at radius 3 is 2.72 bits per heavy atom. The lowest BCUT2D eigenvalue weighted by molar-refractivity contribution is -0.121. The first-order valence-corrected chi connectivity index (χ1v) is 8.16. The number of benzene rings is 1. The van der Waals surface area contributed by atoms with Gasteiger partial charge in [0.2, 0.25) is 5.91 Å². The molecule has 25 heavy (non-hydrogen) atoms. The Labute approximate surface area is 145 Å². The molecular weight excluding hydrogens is 321 g/mol. The molecule has 2 aromatic heterocycles. The van der Waals surface area contributed by atoms with Crippen LogP contribution in [0.25, 0.3) is 5.78 Å². The first-order valence-electron chi connectivity index (χ1n) is 8.16. The second-order valence-corrected chi connectivity index (χ2v) is 6.07. The first-order chi connectivity index (χ1) is 12.0. The van der Waals surface area contributed by atoms with Crippen LogP contribution in [0.15, 0.2) is 30.6 Å². The minimum absolute atomic E-state index is 0.0608. The summed E-state index contributed by atoms with van der Waals surface area (Å²) in [6, 6.07) is 5.97. The topological polar surface area (TPSA) is 72.2 Å². The molecule has 3 rings (SSSR count). The molecule has 1 N–H and O–H groups in total. The number of hydrogen-bond acceptors (Lipinski definition) is 4. The van der Waals surface area contributed by atoms with Gasteiger partial charge in [-0.15, -0.1) is 0 Å². The predicted octanol–water partition coefficient (Wildman–Crippen LogP) is 2.69. The minimum atomic E-state index is -0.288. The summed E-state index contributed by atoms with van der Waals surface area (Å²) in [5.74, 6) is 0.215. The van der Waals surface area contributed by atoms with E-state index in [2.05, 4.69) is 20.4 Å². The molecule has 130 valence electrons. The van der Waals surface area contributed by atoms with Crippen LogP contribution in [0.5, 0.6) is 0 Å². The van der Waals surface area contributed by atoms with E-state index in [-0.39, 0.29) is 17.8 Å². The van der Waals surface area contributed by atoms with Crippen LogP contribution >= 0.6 is 0 Å². The van der Waals surface area contributed by atoms with Crippen LogP contribution in [0.1, 0.15) is 41.9 Å². The van der Waals surface area contributed by atoms with Crippen molar-refractivity contribution < 1.29 is 9.18 Å². The van der Waals surface area contributed by atoms with Crippen molar-refractivity contribution in [3.8, 4) is 0 Å². The Hall–Kier alpha value is -2.83. The number of aryl methyl sites for hydroxylation is 2. The van der Waals surface area contributed by atoms with Crippen LogP contribution in [0.3, 0.4) is 0 Å². The van der Waals surface area contributed by atoms with Crippen LogP contribution in [-0.4, -0.2) is 25.5 Å². The van der Waals surface area contributed by atoms with Crippen LogP contribution in [-0.2, 0) is 11.2 Å². The van der Waals surface area contributed by atoms with Gasteiger partial charge in [0, 0.05) is 17.8 Å². The standard InChI is InChI=1S/C18H20FN5O/c1-11(14-4-6-15(19)7-5-14)22-17(25)9-8-16-12(2)23-18-20-10-21-24(18)13(16)3/h4-7,10-11H,8-9H2,1-3H3,(H,22,25)/t11-/m1/s1. The van der Waals surface area contributed by atoms with Crippen molar-refractivity contribution in [2.75, 3.05) is 0 Å². The average Bonchev–Trinajstić information content (AvgIpc) is 3.03. The number of nitrogens with one attached hydrogen (secondary N) is 1. The lowest BCUT2D eigenvalue weighted by Crippen LogP contribution is -2.27. The zero-order valence-corrected chi connectivity index (χ0v) is 14.5. The summed E-state index contributed by atoms with van der Waals surface area (Å²) in [5.41, 5.74) is 3.67. The molecule has 0 unspecified atom stereocenters. The Morgan fingerprint density at radius 2 is 2.00 bits per heavy atom. The summed E-state index contributed by atoms with van der Waals surface area (Å²) in [5, 5.41) is 7.09. The van der Waals surface area contributed by atoms with Gasteiger partial charge in [0.05, 0.1) is 6.04 Å². The van der Waals surface area contributed by atoms with Gasteiger partial charge in [0.25, 0.3) is 5.78 Å². The van der Waals surface area contributed by atoms with E-state index < -0.39 is 0 Å². The molecule has 1 amide bonds. The molecule has 6 nitrogen and oxygen atoms in total. The minimum Gasteiger partial charge on any atom is -0.350 e. The highest BCUT2D eigenvalue weighted by molar-refractivity contribution is 5.76. The van der Waals surface area contributed by atoms with Crippen LogP contribution in [0.2, 0.25) is 0 Å². The van der Waals surface area contributed by atoms with E-state index in [0.717, 1.165) is 22.5 Å². The van der Waals surface area contributed by atoms with Gasteiger partial charge in [0.15, 0.2) is 0 Å². The van der Waals surface area contributed by atoms with Gasteiger partial charge >= 0.3 is 0 Å². The van der Waals surface area contributed by atoms with Gasteiger partial charge in [0.1, 0.15) is 12.1 Å². The molecule has 0 aliphatic carbocycles. The fraction of sp³-hybridized carbons (Fsp3) is 0.333. The lowest BCUT2D eigenvalue weighted by Gasteiger charge is -2.15. The summed E-state index contributed by atoms with van der Waals surface area (Å²) in [6.07, 6.45) is 2.38. The Bertz CT molecular complexity index is 904. The molecule has 2 heterocycles. The number of aromatic nitrogens is 4. The molecule has 3 aromatic rings. The van der Waals surface area contributed by atoms with Crippen LogP contribution in [0.4, 0.5) is 4.39 Å². The quantitative estimate of drug-likeness (QED) is 0.774. The van der Waals surface area contributed by atoms with Gasteiger partial charge in [-0.1, -0.05) is 12.1 Å². The molecule has 0 spiro atoms. The highest BCUT2D eigenvalue weighted by Crippen LogP contribution is 2.16. The number of carbonyl (C=O) groups is 1. The van der Waals surface area contributed by atoms with Crippen molar-refractivity contribution in [2.24, 2.45) is 0 Å². The van der Waals surface area contributed by atoms with E-state index in [1.807, 2.05) is 20.8 Å². The second kappa shape index (κ2) is 6.96. The Balaban J connectivity index is 1.65. The average molecular weight is 341 g/mol. The SMILES string of the molecule is Cc1nc2ncnn2c(C)c1CCC(=O)N[C@H](C)c1ccc(F)cc1. The predicted molar refractivity (Wildman–Crippen MR) is 91.5 cm³/mol. The summed E-state index contributed by atoms with van der Waals surface area (Å²) in [7, 11) is 0. The third-order valence-corrected chi connectivity index (χ3v) is 4.34. The molecule has 0 bridgehead atoms. The van der Waals surface area contributed by atoms with E-state index in [1.54, 1.807) is 16.6 Å². The number of amides is 1. The number of halogens is 1. The van der Waals surface area contributed by atoms with E-state index in [9.17, 15) is 9.18 Å². The molecule has 1 aromatic carbocycles. The smallest absolute Gasteiger partial charge is 0.252 e. The number of hydrogen-bond donors (Lipinski definition) is 1. The van der Waals surface area contributed by atoms with Gasteiger partial charge in [-0.2, -0.15) is 10.1 Å². The maximum atomic E-state index is 13.0. The molecule has 7 heteroatoms. The summed E-state index contributed by atoms with van der Waals surface area (Å²) in [6.45, 7) is 5.74. The summed E-state index contributed by atoms with van der Waals surface area (Å²) < 4.78 is 14.7. The lowest BCUT2D eigenvalue weighted by atomic mass is 10.1. The zero-order chi connectivity index (χ0) is 18.0. The molecule has 0 saturated carbocycles. The fourth-order valence-corrected chi connectivity index (χ4v) is 2.90. The van der Waals surface area contributed by atoms with E-state index in [0.29, 0.717) is 18.6 Å². The molecular formula is C18H20FN5O. The highest BCUT2D eigenvalue weighted by atomic mass is 19.1. The molecule has 0 aliphatic rings. The molecule has 0 saturated heterocycles. The third-order valence-electron chi connectivity index (χ3n) is 4.34. The fourth-order valence-electron chi connectivity index (χ4n) is 2.90. The van der Waals surface area contributed by atoms with E-state index >= 15 is 0 Å². The largest absolute Gasteiger partial charge is 0.350 e. The normalized spacial score (nSPS) is 12.3. The number of nitrogens with zero attached hydrogens (tertiary/aromatic N) is 4. The van der Waals surface area contributed by atoms with Crippen molar-refractivity contribution in [3.05, 3.63) is 58.9 Å². The van der Waals surface area contributed by atoms with Crippen molar-refractivity contribution >= 4 is 11.7 Å². The second-order valence-electron chi connectivity index (χ2n) is 6.07. The van der Waals surface area contributed by atoms with Gasteiger partial charge in [-0.05, 0) is 50.5 Å². The van der Waals surface area contributed by atoms with Crippen LogP contribution in [0, 0.1) is 19.7 Å². The molecule has 0 aliphatic heterocycles. The summed E-state index contributed by atoms with van der Waals surface area (Å²) in [4.78, 5) is 20.8. The Kier molecular flexibility index (Phi) is 4.74. The van der Waals surface area contributed by atoms with Crippen molar-refractivity contribution in [1.29, 1.82) is 0 Å². The number of fused-ring (bicyclic) bond motifs is 1. The molecule has 1 atom stereocenters. The van der Waals surface area contributed by atoms with Crippen molar-refractivity contribution in [1.82, 2.24) is 24.9 Å². The van der Waals surface area contributed by atoms with Gasteiger partial charge in [-0.25, -0.2) is 13.9 Å². The van der Waals surface area contributed by atoms with Crippen molar-refractivity contribution in [3.63, 3.8) is 0 Å². The number of carbonyl (C=O) groups excluding carboxylic acids is 1. The van der Waals surface area contributed by atoms with E-state index in [4.69, 9.17) is 0 Å². The summed E-state index contributed by atoms with van der Waals surface area (Å²) >= 11 is 0. The van der Waals surface area contributed by atoms with Crippen molar-refractivity contribution in [2.45, 2.75) is 39.7 Å². The van der Waals surface area contributed by atoms with Crippen LogP contribution < -0.4 is 5.32 Å². The van der Waals surface area contributed by atoms with E-state index in [1.165, 1.54) is 18.5 Å². The Morgan fingerprint density at radius 1 is 1.28 bits per heavy atom. The zero-order valence-electron chi connectivity index (χ0n) is 14.5.